The summed E-state index contributed by atoms with van der Waals surface area (Å²) in [4.78, 5) is 19.5. The lowest BCUT2D eigenvalue weighted by atomic mass is 10.0. The molecule has 12 heteroatoms. The summed E-state index contributed by atoms with van der Waals surface area (Å²) in [6, 6.07) is 16.4. The van der Waals surface area contributed by atoms with E-state index in [1.807, 2.05) is 54.6 Å². The first-order valence-corrected chi connectivity index (χ1v) is 15.0. The number of sulfonamides is 1. The first-order chi connectivity index (χ1) is 19.9. The number of carbonyl (C=O) groups excluding carboxylic acids is 1. The van der Waals surface area contributed by atoms with Gasteiger partial charge in [0.1, 0.15) is 5.75 Å². The zero-order valence-electron chi connectivity index (χ0n) is 23.2. The molecule has 1 fully saturated rings. The third-order valence-electron chi connectivity index (χ3n) is 7.26. The lowest BCUT2D eigenvalue weighted by Gasteiger charge is -2.30. The molecular weight excluding hydrogens is 542 g/mol. The summed E-state index contributed by atoms with van der Waals surface area (Å²) in [7, 11) is -0.618. The van der Waals surface area contributed by atoms with E-state index in [0.29, 0.717) is 32.6 Å². The van der Waals surface area contributed by atoms with Crippen LogP contribution in [0, 0.1) is 0 Å². The number of imidazole rings is 1. The van der Waals surface area contributed by atoms with E-state index in [9.17, 15) is 13.2 Å². The molecule has 2 aromatic carbocycles. The number of benzene rings is 2. The Labute approximate surface area is 240 Å². The van der Waals surface area contributed by atoms with Gasteiger partial charge >= 0.3 is 0 Å². The Morgan fingerprint density at radius 2 is 1.83 bits per heavy atom. The molecule has 1 atom stereocenters. The van der Waals surface area contributed by atoms with Crippen LogP contribution in [0.3, 0.4) is 0 Å². The molecule has 2 N–H and O–H groups in total. The molecule has 1 amide bonds. The number of carbonyl (C=O) groups is 1. The van der Waals surface area contributed by atoms with Gasteiger partial charge in [0.15, 0.2) is 5.03 Å². The van der Waals surface area contributed by atoms with Crippen molar-refractivity contribution in [3.05, 3.63) is 84.4 Å². The van der Waals surface area contributed by atoms with Crippen LogP contribution in [0.1, 0.15) is 30.0 Å². The molecule has 11 nitrogen and oxygen atoms in total. The van der Waals surface area contributed by atoms with Crippen molar-refractivity contribution in [2.75, 3.05) is 33.3 Å². The number of H-pyrrole nitrogens is 1. The van der Waals surface area contributed by atoms with Crippen molar-refractivity contribution < 1.29 is 17.9 Å². The lowest BCUT2D eigenvalue weighted by Crippen LogP contribution is -2.39. The highest BCUT2D eigenvalue weighted by atomic mass is 32.2. The lowest BCUT2D eigenvalue weighted by molar-refractivity contribution is -0.122. The van der Waals surface area contributed by atoms with Crippen LogP contribution in [0.4, 0.5) is 0 Å². The summed E-state index contributed by atoms with van der Waals surface area (Å²) in [6.45, 7) is 2.45. The van der Waals surface area contributed by atoms with Gasteiger partial charge < -0.3 is 14.6 Å². The number of hydrogen-bond acceptors (Lipinski definition) is 7. The number of aromatic amines is 1. The third kappa shape index (κ3) is 6.50. The maximum Gasteiger partial charge on any atom is 0.262 e. The number of ether oxygens (including phenoxy) is 1. The van der Waals surface area contributed by atoms with Gasteiger partial charge in [-0.25, -0.2) is 13.4 Å². The van der Waals surface area contributed by atoms with Gasteiger partial charge in [0.2, 0.25) is 5.91 Å². The van der Waals surface area contributed by atoms with Crippen LogP contribution in [0.25, 0.3) is 11.3 Å². The Balaban J connectivity index is 1.43. The van der Waals surface area contributed by atoms with Crippen molar-refractivity contribution in [3.8, 4) is 17.0 Å². The molecule has 216 valence electrons. The maximum atomic E-state index is 13.9. The molecule has 0 saturated carbocycles. The van der Waals surface area contributed by atoms with E-state index < -0.39 is 16.1 Å². The highest BCUT2D eigenvalue weighted by Gasteiger charge is 2.35. The standard InChI is InChI=1S/C29H35N7O4S/c1-34-20-28(31-21-34)41(38,39)36-15-8-14-35(16-13-30-27(37)17-25(36)22-9-4-3-5-10-22)19-23-18-32-33-29(23)24-11-6-7-12-26(24)40-2/h3-7,9-12,18,20-21,25H,8,13-17,19H2,1-2H3,(H,30,37)(H,32,33). The summed E-state index contributed by atoms with van der Waals surface area (Å²) >= 11 is 0. The molecule has 0 aliphatic carbocycles. The van der Waals surface area contributed by atoms with E-state index in [1.165, 1.54) is 16.8 Å². The third-order valence-corrected chi connectivity index (χ3v) is 9.05. The molecule has 0 spiro atoms. The van der Waals surface area contributed by atoms with E-state index in [4.69, 9.17) is 4.74 Å². The van der Waals surface area contributed by atoms with Gasteiger partial charge in [-0.05, 0) is 30.7 Å². The monoisotopic (exact) mass is 577 g/mol. The van der Waals surface area contributed by atoms with Crippen molar-refractivity contribution in [1.82, 2.24) is 34.3 Å². The first kappa shape index (κ1) is 28.5. The van der Waals surface area contributed by atoms with Crippen LogP contribution < -0.4 is 10.1 Å². The van der Waals surface area contributed by atoms with Crippen LogP contribution in [0.15, 0.2) is 78.3 Å². The predicted molar refractivity (Wildman–Crippen MR) is 154 cm³/mol. The Bertz CT molecular complexity index is 1570. The zero-order chi connectivity index (χ0) is 28.8. The van der Waals surface area contributed by atoms with E-state index in [2.05, 4.69) is 25.4 Å². The van der Waals surface area contributed by atoms with Gasteiger partial charge in [0.25, 0.3) is 10.0 Å². The number of para-hydroxylation sites is 1. The number of hydrogen-bond donors (Lipinski definition) is 2. The average Bonchev–Trinajstić information content (AvgIpc) is 3.63. The minimum Gasteiger partial charge on any atom is -0.496 e. The number of aryl methyl sites for hydroxylation is 1. The Kier molecular flexibility index (Phi) is 8.81. The Hall–Kier alpha value is -4.00. The average molecular weight is 578 g/mol. The van der Waals surface area contributed by atoms with E-state index in [0.717, 1.165) is 28.1 Å². The van der Waals surface area contributed by atoms with Crippen LogP contribution in [0.5, 0.6) is 5.75 Å². The first-order valence-electron chi connectivity index (χ1n) is 13.6. The van der Waals surface area contributed by atoms with Gasteiger partial charge in [-0.15, -0.1) is 0 Å². The molecule has 41 heavy (non-hydrogen) atoms. The maximum absolute atomic E-state index is 13.9. The summed E-state index contributed by atoms with van der Waals surface area (Å²) in [6.07, 6.45) is 5.33. The molecule has 1 saturated heterocycles. The number of rotatable bonds is 7. The van der Waals surface area contributed by atoms with E-state index in [-0.39, 0.29) is 23.9 Å². The van der Waals surface area contributed by atoms with Crippen molar-refractivity contribution in [2.45, 2.75) is 30.5 Å². The Morgan fingerprint density at radius 3 is 2.59 bits per heavy atom. The second kappa shape index (κ2) is 12.7. The van der Waals surface area contributed by atoms with Crippen molar-refractivity contribution >= 4 is 15.9 Å². The summed E-state index contributed by atoms with van der Waals surface area (Å²) in [5.74, 6) is 0.532. The fourth-order valence-corrected chi connectivity index (χ4v) is 6.85. The summed E-state index contributed by atoms with van der Waals surface area (Å²) < 4.78 is 36.4. The fourth-order valence-electron chi connectivity index (χ4n) is 5.22. The van der Waals surface area contributed by atoms with Gasteiger partial charge in [-0.2, -0.15) is 9.40 Å². The SMILES string of the molecule is COc1ccccc1-c1[nH]ncc1CN1CCCN(S(=O)(=O)c2cn(C)cn2)C(c2ccccc2)CC(=O)NCC1. The molecule has 1 aliphatic rings. The molecular formula is C29H35N7O4S. The number of aromatic nitrogens is 4. The van der Waals surface area contributed by atoms with Crippen molar-refractivity contribution in [2.24, 2.45) is 7.05 Å². The molecule has 1 unspecified atom stereocenters. The van der Waals surface area contributed by atoms with Crippen LogP contribution >= 0.6 is 0 Å². The normalized spacial score (nSPS) is 18.0. The van der Waals surface area contributed by atoms with E-state index >= 15 is 0 Å². The van der Waals surface area contributed by atoms with Crippen LogP contribution in [0.2, 0.25) is 0 Å². The summed E-state index contributed by atoms with van der Waals surface area (Å²) in [5, 5.41) is 10.4. The minimum absolute atomic E-state index is 0.00968. The molecule has 2 aromatic heterocycles. The fraction of sp³-hybridized carbons (Fsp3) is 0.345. The molecule has 0 bridgehead atoms. The number of amides is 1. The van der Waals surface area contributed by atoms with Gasteiger partial charge in [-0.3, -0.25) is 14.8 Å². The Morgan fingerprint density at radius 1 is 1.05 bits per heavy atom. The highest BCUT2D eigenvalue weighted by molar-refractivity contribution is 7.89. The second-order valence-electron chi connectivity index (χ2n) is 10.1. The number of nitrogens with zero attached hydrogens (tertiary/aromatic N) is 5. The second-order valence-corrected chi connectivity index (χ2v) is 11.9. The quantitative estimate of drug-likeness (QED) is 0.346. The van der Waals surface area contributed by atoms with Crippen molar-refractivity contribution in [1.29, 1.82) is 0 Å². The highest BCUT2D eigenvalue weighted by Crippen LogP contribution is 2.32. The largest absolute Gasteiger partial charge is 0.496 e. The van der Waals surface area contributed by atoms with Crippen molar-refractivity contribution in [3.63, 3.8) is 0 Å². The topological polar surface area (TPSA) is 125 Å². The predicted octanol–water partition coefficient (Wildman–Crippen LogP) is 2.96. The van der Waals surface area contributed by atoms with Gasteiger partial charge in [0, 0.05) is 57.0 Å². The molecule has 1 aliphatic heterocycles. The van der Waals surface area contributed by atoms with Crippen LogP contribution in [-0.4, -0.2) is 76.6 Å². The number of methoxy groups -OCH3 is 1. The zero-order valence-corrected chi connectivity index (χ0v) is 24.0. The van der Waals surface area contributed by atoms with Crippen LogP contribution in [-0.2, 0) is 28.4 Å². The van der Waals surface area contributed by atoms with E-state index in [1.54, 1.807) is 24.9 Å². The molecule has 0 radical (unpaired) electrons. The molecule has 5 rings (SSSR count). The summed E-state index contributed by atoms with van der Waals surface area (Å²) in [5.41, 5.74) is 3.52. The van der Waals surface area contributed by atoms with Gasteiger partial charge in [-0.1, -0.05) is 42.5 Å². The minimum atomic E-state index is -3.99. The molecule has 3 heterocycles. The smallest absolute Gasteiger partial charge is 0.262 e. The van der Waals surface area contributed by atoms with Gasteiger partial charge in [0.05, 0.1) is 31.4 Å². The molecule has 4 aromatic rings. The number of nitrogens with one attached hydrogen (secondary N) is 2.